The molecule has 20 heavy (non-hydrogen) atoms. The molecule has 1 fully saturated rings. The molecular weight excluding hydrogens is 254 g/mol. The maximum Gasteiger partial charge on any atom is 0.410 e. The molecule has 0 aliphatic carbocycles. The highest BCUT2D eigenvalue weighted by atomic mass is 16.6. The Kier molecular flexibility index (Phi) is 4.33. The SMILES string of the molecule is CC(C)(C)OC(=O)N1CC[C@@H](O)[C@H](c2ccccc2)C1. The molecule has 0 bridgehead atoms. The molecule has 0 unspecified atom stereocenters. The van der Waals surface area contributed by atoms with Gasteiger partial charge in [-0.2, -0.15) is 0 Å². The highest BCUT2D eigenvalue weighted by molar-refractivity contribution is 5.68. The highest BCUT2D eigenvalue weighted by Gasteiger charge is 2.33. The molecule has 1 N–H and O–H groups in total. The Hall–Kier alpha value is -1.55. The number of piperidine rings is 1. The summed E-state index contributed by atoms with van der Waals surface area (Å²) in [7, 11) is 0. The molecule has 1 heterocycles. The lowest BCUT2D eigenvalue weighted by molar-refractivity contribution is 0.00407. The predicted molar refractivity (Wildman–Crippen MR) is 77.6 cm³/mol. The van der Waals surface area contributed by atoms with Crippen molar-refractivity contribution in [2.24, 2.45) is 0 Å². The van der Waals surface area contributed by atoms with Gasteiger partial charge in [0.2, 0.25) is 0 Å². The monoisotopic (exact) mass is 277 g/mol. The van der Waals surface area contributed by atoms with Crippen LogP contribution < -0.4 is 0 Å². The molecule has 1 amide bonds. The van der Waals surface area contributed by atoms with Crippen LogP contribution in [0, 0.1) is 0 Å². The van der Waals surface area contributed by atoms with Gasteiger partial charge in [0, 0.05) is 19.0 Å². The van der Waals surface area contributed by atoms with Crippen molar-refractivity contribution in [3.8, 4) is 0 Å². The Morgan fingerprint density at radius 2 is 1.95 bits per heavy atom. The zero-order valence-electron chi connectivity index (χ0n) is 12.4. The van der Waals surface area contributed by atoms with E-state index in [1.807, 2.05) is 51.1 Å². The first kappa shape index (κ1) is 14.9. The number of hydrogen-bond acceptors (Lipinski definition) is 3. The first-order valence-electron chi connectivity index (χ1n) is 7.08. The van der Waals surface area contributed by atoms with E-state index in [9.17, 15) is 9.90 Å². The molecule has 2 atom stereocenters. The quantitative estimate of drug-likeness (QED) is 0.858. The summed E-state index contributed by atoms with van der Waals surface area (Å²) in [5, 5.41) is 10.2. The van der Waals surface area contributed by atoms with Gasteiger partial charge >= 0.3 is 6.09 Å². The van der Waals surface area contributed by atoms with Gasteiger partial charge in [-0.05, 0) is 32.8 Å². The van der Waals surface area contributed by atoms with Crippen LogP contribution >= 0.6 is 0 Å². The zero-order valence-corrected chi connectivity index (χ0v) is 12.4. The van der Waals surface area contributed by atoms with E-state index in [1.165, 1.54) is 0 Å². The lowest BCUT2D eigenvalue weighted by atomic mass is 9.88. The van der Waals surface area contributed by atoms with Gasteiger partial charge in [0.05, 0.1) is 6.10 Å². The maximum atomic E-state index is 12.1. The Morgan fingerprint density at radius 1 is 1.30 bits per heavy atom. The summed E-state index contributed by atoms with van der Waals surface area (Å²) < 4.78 is 5.40. The molecule has 4 nitrogen and oxygen atoms in total. The summed E-state index contributed by atoms with van der Waals surface area (Å²) in [5.74, 6) is -0.0440. The molecule has 2 rings (SSSR count). The molecular formula is C16H23NO3. The van der Waals surface area contributed by atoms with Crippen molar-refractivity contribution in [1.29, 1.82) is 0 Å². The van der Waals surface area contributed by atoms with Crippen molar-refractivity contribution in [3.63, 3.8) is 0 Å². The first-order valence-corrected chi connectivity index (χ1v) is 7.08. The number of hydrogen-bond donors (Lipinski definition) is 1. The molecule has 4 heteroatoms. The van der Waals surface area contributed by atoms with Gasteiger partial charge < -0.3 is 14.7 Å². The minimum Gasteiger partial charge on any atom is -0.444 e. The summed E-state index contributed by atoms with van der Waals surface area (Å²) in [5.41, 5.74) is 0.573. The number of likely N-dealkylation sites (tertiary alicyclic amines) is 1. The average Bonchev–Trinajstić information content (AvgIpc) is 2.38. The average molecular weight is 277 g/mol. The van der Waals surface area contributed by atoms with Crippen LogP contribution in [-0.4, -0.2) is 40.9 Å². The van der Waals surface area contributed by atoms with Gasteiger partial charge in [0.25, 0.3) is 0 Å². The largest absolute Gasteiger partial charge is 0.444 e. The molecule has 1 aromatic rings. The van der Waals surface area contributed by atoms with E-state index in [0.717, 1.165) is 5.56 Å². The minimum absolute atomic E-state index is 0.0440. The zero-order chi connectivity index (χ0) is 14.8. The number of amides is 1. The predicted octanol–water partition coefficient (Wildman–Crippen LogP) is 2.77. The second-order valence-electron chi connectivity index (χ2n) is 6.30. The second kappa shape index (κ2) is 5.83. The Labute approximate surface area is 120 Å². The third-order valence-corrected chi connectivity index (χ3v) is 3.46. The number of benzene rings is 1. The fourth-order valence-electron chi connectivity index (χ4n) is 2.46. The van der Waals surface area contributed by atoms with Gasteiger partial charge in [0.1, 0.15) is 5.60 Å². The maximum absolute atomic E-state index is 12.1. The number of aliphatic hydroxyl groups is 1. The first-order chi connectivity index (χ1) is 9.37. The second-order valence-corrected chi connectivity index (χ2v) is 6.30. The Balaban J connectivity index is 2.07. The summed E-state index contributed by atoms with van der Waals surface area (Å²) in [6, 6.07) is 9.84. The van der Waals surface area contributed by atoms with E-state index in [-0.39, 0.29) is 12.0 Å². The van der Waals surface area contributed by atoms with Crippen LogP contribution in [0.15, 0.2) is 30.3 Å². The third-order valence-electron chi connectivity index (χ3n) is 3.46. The van der Waals surface area contributed by atoms with Crippen molar-refractivity contribution < 1.29 is 14.6 Å². The highest BCUT2D eigenvalue weighted by Crippen LogP contribution is 2.28. The van der Waals surface area contributed by atoms with E-state index in [0.29, 0.717) is 19.5 Å². The number of ether oxygens (including phenoxy) is 1. The van der Waals surface area contributed by atoms with Crippen LogP contribution in [0.25, 0.3) is 0 Å². The smallest absolute Gasteiger partial charge is 0.410 e. The van der Waals surface area contributed by atoms with Gasteiger partial charge in [-0.25, -0.2) is 4.79 Å². The van der Waals surface area contributed by atoms with E-state index < -0.39 is 11.7 Å². The number of carbonyl (C=O) groups excluding carboxylic acids is 1. The van der Waals surface area contributed by atoms with E-state index >= 15 is 0 Å². The van der Waals surface area contributed by atoms with Crippen molar-refractivity contribution >= 4 is 6.09 Å². The van der Waals surface area contributed by atoms with Gasteiger partial charge in [-0.3, -0.25) is 0 Å². The molecule has 0 spiro atoms. The third kappa shape index (κ3) is 3.73. The lowest BCUT2D eigenvalue weighted by Crippen LogP contribution is -2.46. The Bertz CT molecular complexity index is 453. The van der Waals surface area contributed by atoms with E-state index in [1.54, 1.807) is 4.90 Å². The normalized spacial score (nSPS) is 23.5. The molecule has 1 saturated heterocycles. The van der Waals surface area contributed by atoms with Crippen LogP contribution in [-0.2, 0) is 4.74 Å². The van der Waals surface area contributed by atoms with E-state index in [2.05, 4.69) is 0 Å². The number of nitrogens with zero attached hydrogens (tertiary/aromatic N) is 1. The molecule has 0 saturated carbocycles. The number of rotatable bonds is 1. The number of aliphatic hydroxyl groups excluding tert-OH is 1. The van der Waals surface area contributed by atoms with Crippen LogP contribution in [0.4, 0.5) is 4.79 Å². The Morgan fingerprint density at radius 3 is 2.55 bits per heavy atom. The van der Waals surface area contributed by atoms with Crippen LogP contribution in [0.5, 0.6) is 0 Å². The standard InChI is InChI=1S/C16H23NO3/c1-16(2,3)20-15(19)17-10-9-14(18)13(11-17)12-7-5-4-6-8-12/h4-8,13-14,18H,9-11H2,1-3H3/t13-,14+/m0/s1. The molecule has 1 aliphatic rings. The summed E-state index contributed by atoms with van der Waals surface area (Å²) in [6.45, 7) is 6.62. The molecule has 0 aromatic heterocycles. The van der Waals surface area contributed by atoms with E-state index in [4.69, 9.17) is 4.74 Å². The topological polar surface area (TPSA) is 49.8 Å². The van der Waals surface area contributed by atoms with Crippen LogP contribution in [0.2, 0.25) is 0 Å². The fourth-order valence-corrected chi connectivity index (χ4v) is 2.46. The summed E-state index contributed by atoms with van der Waals surface area (Å²) >= 11 is 0. The molecule has 110 valence electrons. The molecule has 1 aromatic carbocycles. The van der Waals surface area contributed by atoms with Crippen LogP contribution in [0.1, 0.15) is 38.7 Å². The number of carbonyl (C=O) groups is 1. The lowest BCUT2D eigenvalue weighted by Gasteiger charge is -2.37. The van der Waals surface area contributed by atoms with Gasteiger partial charge in [-0.15, -0.1) is 0 Å². The molecule has 0 radical (unpaired) electrons. The minimum atomic E-state index is -0.491. The molecule has 1 aliphatic heterocycles. The summed E-state index contributed by atoms with van der Waals surface area (Å²) in [4.78, 5) is 13.8. The van der Waals surface area contributed by atoms with Crippen molar-refractivity contribution in [2.45, 2.75) is 44.8 Å². The van der Waals surface area contributed by atoms with Crippen LogP contribution in [0.3, 0.4) is 0 Å². The van der Waals surface area contributed by atoms with Crippen molar-refractivity contribution in [2.75, 3.05) is 13.1 Å². The summed E-state index contributed by atoms with van der Waals surface area (Å²) in [6.07, 6.45) is -0.125. The van der Waals surface area contributed by atoms with Crippen molar-refractivity contribution in [3.05, 3.63) is 35.9 Å². The van der Waals surface area contributed by atoms with Gasteiger partial charge in [-0.1, -0.05) is 30.3 Å². The van der Waals surface area contributed by atoms with Crippen molar-refractivity contribution in [1.82, 2.24) is 4.90 Å². The van der Waals surface area contributed by atoms with Gasteiger partial charge in [0.15, 0.2) is 0 Å². The fraction of sp³-hybridized carbons (Fsp3) is 0.562.